The van der Waals surface area contributed by atoms with Crippen molar-refractivity contribution >= 4 is 16.8 Å². The summed E-state index contributed by atoms with van der Waals surface area (Å²) in [5.74, 6) is -0.149. The molecule has 3 N–H and O–H groups in total. The minimum Gasteiger partial charge on any atom is -0.391 e. The van der Waals surface area contributed by atoms with Crippen LogP contribution in [-0.2, 0) is 6.42 Å². The second-order valence-electron chi connectivity index (χ2n) is 6.06. The van der Waals surface area contributed by atoms with Gasteiger partial charge >= 0.3 is 0 Å². The number of rotatable bonds is 6. The molecule has 3 rings (SSSR count). The van der Waals surface area contributed by atoms with Gasteiger partial charge in [-0.1, -0.05) is 48.5 Å². The highest BCUT2D eigenvalue weighted by Gasteiger charge is 2.16. The van der Waals surface area contributed by atoms with E-state index < -0.39 is 6.10 Å². The lowest BCUT2D eigenvalue weighted by atomic mass is 10.1. The Hall–Kier alpha value is -2.59. The predicted octanol–water partition coefficient (Wildman–Crippen LogP) is 3.20. The van der Waals surface area contributed by atoms with Crippen LogP contribution in [0.3, 0.4) is 0 Å². The van der Waals surface area contributed by atoms with Gasteiger partial charge in [0.25, 0.3) is 5.91 Å². The molecule has 4 heteroatoms. The lowest BCUT2D eigenvalue weighted by Crippen LogP contribution is -2.32. The third-order valence-electron chi connectivity index (χ3n) is 4.23. The molecule has 3 aromatic rings. The van der Waals surface area contributed by atoms with Gasteiger partial charge in [0.2, 0.25) is 0 Å². The number of para-hydroxylation sites is 1. The Bertz CT molecular complexity index is 824. The number of aromatic amines is 1. The molecule has 0 fully saturated rings. The monoisotopic (exact) mass is 322 g/mol. The molecule has 0 unspecified atom stereocenters. The summed E-state index contributed by atoms with van der Waals surface area (Å²) in [5, 5.41) is 13.9. The molecule has 1 amide bonds. The highest BCUT2D eigenvalue weighted by molar-refractivity contribution is 6.08. The predicted molar refractivity (Wildman–Crippen MR) is 96.1 cm³/mol. The number of benzene rings is 2. The van der Waals surface area contributed by atoms with Crippen LogP contribution in [0.1, 0.15) is 28.0 Å². The Kier molecular flexibility index (Phi) is 4.96. The third-order valence-corrected chi connectivity index (χ3v) is 4.23. The van der Waals surface area contributed by atoms with Crippen molar-refractivity contribution in [3.8, 4) is 0 Å². The molecular formula is C20H22N2O2. The summed E-state index contributed by atoms with van der Waals surface area (Å²) in [6.07, 6.45) is 0.862. The van der Waals surface area contributed by atoms with E-state index in [0.717, 1.165) is 23.0 Å². The van der Waals surface area contributed by atoms with Crippen molar-refractivity contribution in [3.63, 3.8) is 0 Å². The number of hydrogen-bond acceptors (Lipinski definition) is 2. The molecule has 24 heavy (non-hydrogen) atoms. The minimum atomic E-state index is -0.556. The average Bonchev–Trinajstić information content (AvgIpc) is 2.94. The van der Waals surface area contributed by atoms with E-state index in [2.05, 4.69) is 10.3 Å². The van der Waals surface area contributed by atoms with E-state index in [1.165, 1.54) is 5.56 Å². The second-order valence-corrected chi connectivity index (χ2v) is 6.06. The zero-order chi connectivity index (χ0) is 16.9. The fourth-order valence-electron chi connectivity index (χ4n) is 2.95. The molecule has 0 saturated carbocycles. The Morgan fingerprint density at radius 2 is 1.83 bits per heavy atom. The number of hydrogen-bond donors (Lipinski definition) is 3. The van der Waals surface area contributed by atoms with E-state index in [0.29, 0.717) is 12.0 Å². The second kappa shape index (κ2) is 7.32. The maximum atomic E-state index is 12.5. The molecule has 0 spiro atoms. The quantitative estimate of drug-likeness (QED) is 0.652. The molecular weight excluding hydrogens is 300 g/mol. The SMILES string of the molecule is Cc1[nH]c2ccccc2c1C(=O)NC[C@@H](O)CCc1ccccc1. The van der Waals surface area contributed by atoms with Gasteiger partial charge in [-0.2, -0.15) is 0 Å². The maximum absolute atomic E-state index is 12.5. The molecule has 4 nitrogen and oxygen atoms in total. The molecule has 124 valence electrons. The fourth-order valence-corrected chi connectivity index (χ4v) is 2.95. The van der Waals surface area contributed by atoms with Gasteiger partial charge in [-0.3, -0.25) is 4.79 Å². The Morgan fingerprint density at radius 1 is 1.12 bits per heavy atom. The molecule has 1 heterocycles. The largest absolute Gasteiger partial charge is 0.391 e. The number of H-pyrrole nitrogens is 1. The highest BCUT2D eigenvalue weighted by Crippen LogP contribution is 2.21. The van der Waals surface area contributed by atoms with Crippen LogP contribution in [0.2, 0.25) is 0 Å². The Balaban J connectivity index is 1.57. The molecule has 1 aromatic heterocycles. The molecule has 0 aliphatic rings. The minimum absolute atomic E-state index is 0.149. The topological polar surface area (TPSA) is 65.1 Å². The zero-order valence-corrected chi connectivity index (χ0v) is 13.8. The van der Waals surface area contributed by atoms with Crippen LogP contribution in [0.5, 0.6) is 0 Å². The van der Waals surface area contributed by atoms with E-state index in [4.69, 9.17) is 0 Å². The summed E-state index contributed by atoms with van der Waals surface area (Å²) in [4.78, 5) is 15.7. The number of aliphatic hydroxyl groups is 1. The first-order chi connectivity index (χ1) is 11.6. The van der Waals surface area contributed by atoms with Crippen molar-refractivity contribution in [2.75, 3.05) is 6.54 Å². The summed E-state index contributed by atoms with van der Waals surface area (Å²) in [5.41, 5.74) is 3.63. The van der Waals surface area contributed by atoms with Gasteiger partial charge in [0, 0.05) is 23.1 Å². The number of aromatic nitrogens is 1. The number of carbonyl (C=O) groups is 1. The van der Waals surface area contributed by atoms with Crippen LogP contribution in [-0.4, -0.2) is 28.6 Å². The summed E-state index contributed by atoms with van der Waals surface area (Å²) in [6.45, 7) is 2.14. The van der Waals surface area contributed by atoms with Gasteiger partial charge in [-0.15, -0.1) is 0 Å². The third kappa shape index (κ3) is 3.66. The lowest BCUT2D eigenvalue weighted by Gasteiger charge is -2.12. The Morgan fingerprint density at radius 3 is 2.62 bits per heavy atom. The van der Waals surface area contributed by atoms with Gasteiger partial charge < -0.3 is 15.4 Å². The van der Waals surface area contributed by atoms with Gasteiger partial charge in [0.05, 0.1) is 11.7 Å². The molecule has 1 atom stereocenters. The van der Waals surface area contributed by atoms with Crippen LogP contribution in [0.15, 0.2) is 54.6 Å². The first-order valence-corrected chi connectivity index (χ1v) is 8.22. The maximum Gasteiger partial charge on any atom is 0.253 e. The molecule has 0 aliphatic heterocycles. The van der Waals surface area contributed by atoms with Crippen molar-refractivity contribution in [2.24, 2.45) is 0 Å². The number of fused-ring (bicyclic) bond motifs is 1. The first-order valence-electron chi connectivity index (χ1n) is 8.22. The molecule has 0 radical (unpaired) electrons. The number of amides is 1. The van der Waals surface area contributed by atoms with Crippen LogP contribution in [0, 0.1) is 6.92 Å². The number of nitrogens with one attached hydrogen (secondary N) is 2. The highest BCUT2D eigenvalue weighted by atomic mass is 16.3. The summed E-state index contributed by atoms with van der Waals surface area (Å²) >= 11 is 0. The van der Waals surface area contributed by atoms with E-state index in [9.17, 15) is 9.90 Å². The first kappa shape index (κ1) is 16.3. The van der Waals surface area contributed by atoms with E-state index in [1.54, 1.807) is 0 Å². The van der Waals surface area contributed by atoms with E-state index in [1.807, 2.05) is 61.5 Å². The van der Waals surface area contributed by atoms with Crippen LogP contribution < -0.4 is 5.32 Å². The van der Waals surface area contributed by atoms with Gasteiger partial charge in [-0.05, 0) is 31.4 Å². The van der Waals surface area contributed by atoms with Crippen molar-refractivity contribution in [1.29, 1.82) is 0 Å². The summed E-state index contributed by atoms with van der Waals surface area (Å²) in [7, 11) is 0. The number of aliphatic hydroxyl groups excluding tert-OH is 1. The smallest absolute Gasteiger partial charge is 0.253 e. The van der Waals surface area contributed by atoms with Crippen molar-refractivity contribution in [2.45, 2.75) is 25.9 Å². The average molecular weight is 322 g/mol. The van der Waals surface area contributed by atoms with Crippen molar-refractivity contribution in [1.82, 2.24) is 10.3 Å². The lowest BCUT2D eigenvalue weighted by molar-refractivity contribution is 0.0912. The summed E-state index contributed by atoms with van der Waals surface area (Å²) < 4.78 is 0. The van der Waals surface area contributed by atoms with Crippen molar-refractivity contribution < 1.29 is 9.90 Å². The normalized spacial score (nSPS) is 12.2. The van der Waals surface area contributed by atoms with Gasteiger partial charge in [0.15, 0.2) is 0 Å². The van der Waals surface area contributed by atoms with Crippen molar-refractivity contribution in [3.05, 3.63) is 71.4 Å². The van der Waals surface area contributed by atoms with E-state index >= 15 is 0 Å². The zero-order valence-electron chi connectivity index (χ0n) is 13.8. The van der Waals surface area contributed by atoms with Gasteiger partial charge in [-0.25, -0.2) is 0 Å². The molecule has 0 bridgehead atoms. The molecule has 0 aliphatic carbocycles. The van der Waals surface area contributed by atoms with Crippen LogP contribution in [0.25, 0.3) is 10.9 Å². The Labute approximate surface area is 141 Å². The molecule has 0 saturated heterocycles. The van der Waals surface area contributed by atoms with Crippen LogP contribution in [0.4, 0.5) is 0 Å². The molecule has 2 aromatic carbocycles. The standard InChI is InChI=1S/C20H22N2O2/c1-14-19(17-9-5-6-10-18(17)22-14)20(24)21-13-16(23)12-11-15-7-3-2-4-8-15/h2-10,16,22-23H,11-13H2,1H3,(H,21,24)/t16-/m0/s1. The number of carbonyl (C=O) groups excluding carboxylic acids is 1. The summed E-state index contributed by atoms with van der Waals surface area (Å²) in [6, 6.07) is 17.8. The van der Waals surface area contributed by atoms with E-state index in [-0.39, 0.29) is 12.5 Å². The fraction of sp³-hybridized carbons (Fsp3) is 0.250. The van der Waals surface area contributed by atoms with Gasteiger partial charge in [0.1, 0.15) is 0 Å². The number of aryl methyl sites for hydroxylation is 2. The van der Waals surface area contributed by atoms with Crippen LogP contribution >= 0.6 is 0 Å².